The Morgan fingerprint density at radius 2 is 1.62 bits per heavy atom. The molecule has 1 aromatic heterocycles. The van der Waals surface area contributed by atoms with E-state index in [1.807, 2.05) is 72.8 Å². The number of hydrogen-bond donors (Lipinski definition) is 6. The van der Waals surface area contributed by atoms with Crippen LogP contribution in [0.25, 0.3) is 22.0 Å². The van der Waals surface area contributed by atoms with Crippen LogP contribution in [-0.4, -0.2) is 54.1 Å². The van der Waals surface area contributed by atoms with Gasteiger partial charge in [-0.15, -0.1) is 0 Å². The van der Waals surface area contributed by atoms with Gasteiger partial charge < -0.3 is 36.0 Å². The van der Waals surface area contributed by atoms with E-state index in [0.29, 0.717) is 37.1 Å². The highest BCUT2D eigenvalue weighted by Crippen LogP contribution is 2.41. The third-order valence-electron chi connectivity index (χ3n) is 12.2. The molecule has 0 aliphatic heterocycles. The minimum atomic E-state index is -2.22. The second kappa shape index (κ2) is 19.4. The Balaban J connectivity index is 1.03. The molecule has 0 bridgehead atoms. The Morgan fingerprint density at radius 3 is 2.30 bits per heavy atom. The maximum absolute atomic E-state index is 13.0. The van der Waals surface area contributed by atoms with Crippen molar-refractivity contribution in [3.8, 4) is 16.9 Å². The number of pyridine rings is 1. The number of phenolic OH excluding ortho intramolecular Hbond substituents is 1. The molecule has 11 nitrogen and oxygen atoms in total. The summed E-state index contributed by atoms with van der Waals surface area (Å²) in [6.07, 6.45) is 4.38. The molecule has 0 radical (unpaired) electrons. The Bertz CT molecular complexity index is 2300. The van der Waals surface area contributed by atoms with E-state index >= 15 is 0 Å². The number of carbonyl (C=O) groups excluding carboxylic acids is 1. The number of aryl methyl sites for hydroxylation is 1. The molecule has 0 unspecified atom stereocenters. The molecule has 5 aromatic rings. The fraction of sp³-hybridized carbons (Fsp3) is 0.396. The first-order chi connectivity index (χ1) is 28.6. The van der Waals surface area contributed by atoms with Gasteiger partial charge in [0.15, 0.2) is 8.32 Å². The molecule has 1 heterocycles. The molecule has 60 heavy (non-hydrogen) atoms. The molecule has 0 saturated heterocycles. The standard InChI is InChI=1S/C48H61N5O6Si/c1-48(2,3)60(4,5)59-43(39-25-27-42(54)46-40(39)26-28-45(56)52-46)31-50-30-33-15-20-36(21-16-33)51-44(55)14-10-9-11-32-17-24-38(34-12-7-6-8-13-34)41(29-32)53(47(57)58)37-22-18-35(49)19-23-37/h6-8,12-13,15-17,20-21,24-29,35,37,43,50,54H,9-11,14,18-19,22-23,30-31,49H2,1-5H3,(H,51,55)(H,52,56)(H,57,58)/t35-,37-,43-/m0/s1. The number of unbranched alkanes of at least 4 members (excludes halogenated alkanes) is 1. The lowest BCUT2D eigenvalue weighted by Gasteiger charge is -2.39. The summed E-state index contributed by atoms with van der Waals surface area (Å²) < 4.78 is 6.93. The van der Waals surface area contributed by atoms with E-state index in [1.165, 1.54) is 6.07 Å². The van der Waals surface area contributed by atoms with Crippen molar-refractivity contribution in [1.29, 1.82) is 0 Å². The molecule has 1 fully saturated rings. The number of hydrogen-bond acceptors (Lipinski definition) is 7. The lowest BCUT2D eigenvalue weighted by Crippen LogP contribution is -2.44. The van der Waals surface area contributed by atoms with E-state index in [9.17, 15) is 24.6 Å². The minimum Gasteiger partial charge on any atom is -0.506 e. The first-order valence-corrected chi connectivity index (χ1v) is 24.1. The van der Waals surface area contributed by atoms with Crippen molar-refractivity contribution in [2.75, 3.05) is 16.8 Å². The normalized spacial score (nSPS) is 16.4. The van der Waals surface area contributed by atoms with E-state index in [0.717, 1.165) is 77.4 Å². The van der Waals surface area contributed by atoms with Crippen LogP contribution in [0.5, 0.6) is 5.75 Å². The number of amides is 2. The number of aromatic amines is 1. The van der Waals surface area contributed by atoms with Gasteiger partial charge >= 0.3 is 6.09 Å². The van der Waals surface area contributed by atoms with Crippen LogP contribution in [0.4, 0.5) is 16.2 Å². The van der Waals surface area contributed by atoms with Gasteiger partial charge in [0.05, 0.1) is 17.3 Å². The first kappa shape index (κ1) is 44.3. The van der Waals surface area contributed by atoms with E-state index in [4.69, 9.17) is 10.2 Å². The highest BCUT2D eigenvalue weighted by Gasteiger charge is 2.40. The van der Waals surface area contributed by atoms with Crippen LogP contribution in [0.15, 0.2) is 102 Å². The van der Waals surface area contributed by atoms with Crippen LogP contribution in [0.3, 0.4) is 0 Å². The number of aromatic nitrogens is 1. The Hall–Kier alpha value is -5.27. The number of nitrogens with two attached hydrogens (primary N) is 1. The number of benzene rings is 4. The van der Waals surface area contributed by atoms with Gasteiger partial charge in [-0.3, -0.25) is 14.5 Å². The van der Waals surface area contributed by atoms with Crippen LogP contribution in [0.2, 0.25) is 18.1 Å². The van der Waals surface area contributed by atoms with Crippen molar-refractivity contribution in [2.45, 2.75) is 115 Å². The van der Waals surface area contributed by atoms with Crippen LogP contribution < -0.4 is 26.8 Å². The monoisotopic (exact) mass is 831 g/mol. The topological polar surface area (TPSA) is 170 Å². The molecule has 1 saturated carbocycles. The summed E-state index contributed by atoms with van der Waals surface area (Å²) in [6, 6.07) is 30.5. The second-order valence-corrected chi connectivity index (χ2v) is 22.4. The molecule has 12 heteroatoms. The zero-order valence-electron chi connectivity index (χ0n) is 35.6. The summed E-state index contributed by atoms with van der Waals surface area (Å²) in [6.45, 7) is 12.1. The lowest BCUT2D eigenvalue weighted by atomic mass is 9.89. The molecule has 4 aromatic carbocycles. The van der Waals surface area contributed by atoms with Gasteiger partial charge in [0.25, 0.3) is 0 Å². The van der Waals surface area contributed by atoms with Crippen molar-refractivity contribution in [2.24, 2.45) is 5.73 Å². The van der Waals surface area contributed by atoms with Gasteiger partial charge in [-0.1, -0.05) is 81.4 Å². The zero-order valence-corrected chi connectivity index (χ0v) is 36.6. The maximum Gasteiger partial charge on any atom is 0.412 e. The van der Waals surface area contributed by atoms with E-state index in [2.05, 4.69) is 55.5 Å². The predicted molar refractivity (Wildman–Crippen MR) is 244 cm³/mol. The van der Waals surface area contributed by atoms with E-state index < -0.39 is 14.4 Å². The Labute approximate surface area is 354 Å². The summed E-state index contributed by atoms with van der Waals surface area (Å²) in [5.74, 6) is -0.0368. The average molecular weight is 832 g/mol. The van der Waals surface area contributed by atoms with Crippen LogP contribution in [0, 0.1) is 0 Å². The van der Waals surface area contributed by atoms with Gasteiger partial charge in [0.1, 0.15) is 5.75 Å². The Morgan fingerprint density at radius 1 is 0.917 bits per heavy atom. The number of carboxylic acid groups (broad SMARTS) is 1. The fourth-order valence-electron chi connectivity index (χ4n) is 7.79. The van der Waals surface area contributed by atoms with Gasteiger partial charge in [0, 0.05) is 54.3 Å². The SMILES string of the molecule is CC(C)(C)[Si](C)(C)O[C@@H](CNCc1ccc(NC(=O)CCCCc2ccc(-c3ccccc3)c(N(C(=O)O)[C@H]3CC[C@H](N)CC3)c2)cc1)c1ccc(O)c2[nH]c(=O)ccc12. The molecule has 2 amide bonds. The lowest BCUT2D eigenvalue weighted by molar-refractivity contribution is -0.116. The number of rotatable bonds is 16. The number of nitrogens with zero attached hydrogens (tertiary/aromatic N) is 1. The molecule has 1 aliphatic rings. The highest BCUT2D eigenvalue weighted by molar-refractivity contribution is 6.74. The smallest absolute Gasteiger partial charge is 0.412 e. The number of phenols is 1. The number of aromatic hydroxyl groups is 1. The second-order valence-electron chi connectivity index (χ2n) is 17.7. The first-order valence-electron chi connectivity index (χ1n) is 21.2. The van der Waals surface area contributed by atoms with Crippen molar-refractivity contribution < 1.29 is 24.2 Å². The predicted octanol–water partition coefficient (Wildman–Crippen LogP) is 9.86. The summed E-state index contributed by atoms with van der Waals surface area (Å²) in [7, 11) is -2.22. The molecule has 1 atom stereocenters. The van der Waals surface area contributed by atoms with Crippen molar-refractivity contribution >= 4 is 42.6 Å². The van der Waals surface area contributed by atoms with E-state index in [-0.39, 0.29) is 40.4 Å². The summed E-state index contributed by atoms with van der Waals surface area (Å²) in [5.41, 5.74) is 12.6. The summed E-state index contributed by atoms with van der Waals surface area (Å²) in [5, 5.41) is 28.3. The van der Waals surface area contributed by atoms with Gasteiger partial charge in [0.2, 0.25) is 11.5 Å². The quantitative estimate of drug-likeness (QED) is 0.0422. The third-order valence-corrected chi connectivity index (χ3v) is 16.7. The van der Waals surface area contributed by atoms with Crippen LogP contribution in [0.1, 0.15) is 88.5 Å². The number of anilines is 2. The van der Waals surface area contributed by atoms with Crippen LogP contribution >= 0.6 is 0 Å². The minimum absolute atomic E-state index is 0.0172. The largest absolute Gasteiger partial charge is 0.506 e. The molecule has 318 valence electrons. The summed E-state index contributed by atoms with van der Waals surface area (Å²) >= 11 is 0. The van der Waals surface area contributed by atoms with Gasteiger partial charge in [-0.05, 0) is 116 Å². The molecular formula is C48H61N5O6Si. The van der Waals surface area contributed by atoms with Gasteiger partial charge in [-0.25, -0.2) is 4.79 Å². The highest BCUT2D eigenvalue weighted by atomic mass is 28.4. The van der Waals surface area contributed by atoms with Crippen molar-refractivity contribution in [1.82, 2.24) is 10.3 Å². The summed E-state index contributed by atoms with van der Waals surface area (Å²) in [4.78, 5) is 42.1. The third kappa shape index (κ3) is 11.1. The van der Waals surface area contributed by atoms with Crippen LogP contribution in [-0.2, 0) is 22.2 Å². The average Bonchev–Trinajstić information content (AvgIpc) is 3.21. The molecular weight excluding hydrogens is 771 g/mol. The number of fused-ring (bicyclic) bond motifs is 1. The van der Waals surface area contributed by atoms with Crippen molar-refractivity contribution in [3.05, 3.63) is 124 Å². The number of H-pyrrole nitrogens is 1. The number of carbonyl (C=O) groups is 2. The molecule has 1 aliphatic carbocycles. The van der Waals surface area contributed by atoms with Crippen molar-refractivity contribution in [3.63, 3.8) is 0 Å². The fourth-order valence-corrected chi connectivity index (χ4v) is 9.06. The van der Waals surface area contributed by atoms with Gasteiger partial charge in [-0.2, -0.15) is 0 Å². The van der Waals surface area contributed by atoms with E-state index in [1.54, 1.807) is 17.0 Å². The number of nitrogens with one attached hydrogen (secondary N) is 3. The zero-order chi connectivity index (χ0) is 43.0. The molecule has 6 rings (SSSR count). The molecule has 0 spiro atoms. The molecule has 7 N–H and O–H groups in total. The Kier molecular flexibility index (Phi) is 14.3. The maximum atomic E-state index is 13.0.